The van der Waals surface area contributed by atoms with Gasteiger partial charge in [0.05, 0.1) is 12.6 Å². The highest BCUT2D eigenvalue weighted by Gasteiger charge is 2.19. The molecule has 174 valence electrons. The van der Waals surface area contributed by atoms with Crippen LogP contribution in [0.5, 0.6) is 0 Å². The van der Waals surface area contributed by atoms with Gasteiger partial charge in [-0.2, -0.15) is 5.10 Å². The number of amides is 1. The summed E-state index contributed by atoms with van der Waals surface area (Å²) in [7, 11) is 1.94. The summed E-state index contributed by atoms with van der Waals surface area (Å²) in [4.78, 5) is 14.7. The van der Waals surface area contributed by atoms with Gasteiger partial charge in [-0.15, -0.1) is 0 Å². The standard InChI is InChI=1S/C26H32FN5O/c1-31-19-22(18-30-31)17-29-24-10-13-32(14-11-24)25-7-5-21(6-8-25)16-26(33)28-12-9-20-3-2-4-23(27)15-20/h2-8,15,18-19,24,29H,9-14,16-17H2,1H3,(H,28,33). The van der Waals surface area contributed by atoms with Crippen LogP contribution in [-0.4, -0.2) is 41.4 Å². The monoisotopic (exact) mass is 449 g/mol. The Kier molecular flexibility index (Phi) is 7.73. The van der Waals surface area contributed by atoms with Gasteiger partial charge in [0.1, 0.15) is 5.82 Å². The molecule has 1 aliphatic heterocycles. The maximum Gasteiger partial charge on any atom is 0.224 e. The van der Waals surface area contributed by atoms with Crippen LogP contribution in [0.1, 0.15) is 29.5 Å². The van der Waals surface area contributed by atoms with E-state index < -0.39 is 0 Å². The Bertz CT molecular complexity index is 1040. The molecule has 0 aliphatic carbocycles. The lowest BCUT2D eigenvalue weighted by molar-refractivity contribution is -0.120. The molecule has 1 fully saturated rings. The van der Waals surface area contributed by atoms with E-state index in [4.69, 9.17) is 0 Å². The third-order valence-electron chi connectivity index (χ3n) is 6.14. The number of hydrogen-bond donors (Lipinski definition) is 2. The van der Waals surface area contributed by atoms with E-state index in [0.29, 0.717) is 25.4 Å². The fourth-order valence-corrected chi connectivity index (χ4v) is 4.28. The lowest BCUT2D eigenvalue weighted by Gasteiger charge is -2.34. The van der Waals surface area contributed by atoms with Crippen LogP contribution >= 0.6 is 0 Å². The van der Waals surface area contributed by atoms with Crippen molar-refractivity contribution in [3.63, 3.8) is 0 Å². The second-order valence-corrected chi connectivity index (χ2v) is 8.74. The molecule has 0 unspecified atom stereocenters. The molecule has 1 aromatic heterocycles. The summed E-state index contributed by atoms with van der Waals surface area (Å²) in [6.45, 7) is 3.40. The topological polar surface area (TPSA) is 62.2 Å². The summed E-state index contributed by atoms with van der Waals surface area (Å²) in [6.07, 6.45) is 7.15. The lowest BCUT2D eigenvalue weighted by atomic mass is 10.0. The molecular weight excluding hydrogens is 417 g/mol. The number of piperidine rings is 1. The Hall–Kier alpha value is -3.19. The van der Waals surface area contributed by atoms with Gasteiger partial charge in [0.15, 0.2) is 0 Å². The van der Waals surface area contributed by atoms with Crippen LogP contribution in [0.25, 0.3) is 0 Å². The highest BCUT2D eigenvalue weighted by Crippen LogP contribution is 2.21. The number of hydrogen-bond acceptors (Lipinski definition) is 4. The normalized spacial score (nSPS) is 14.4. The molecule has 0 spiro atoms. The van der Waals surface area contributed by atoms with Crippen LogP contribution in [0, 0.1) is 5.82 Å². The van der Waals surface area contributed by atoms with E-state index in [2.05, 4.69) is 32.8 Å². The summed E-state index contributed by atoms with van der Waals surface area (Å²) in [5.74, 6) is -0.260. The predicted octanol–water partition coefficient (Wildman–Crippen LogP) is 3.22. The van der Waals surface area contributed by atoms with Crippen molar-refractivity contribution in [3.05, 3.63) is 83.4 Å². The first-order valence-electron chi connectivity index (χ1n) is 11.6. The third kappa shape index (κ3) is 6.89. The molecule has 2 heterocycles. The smallest absolute Gasteiger partial charge is 0.224 e. The van der Waals surface area contributed by atoms with Gasteiger partial charge in [-0.05, 0) is 54.7 Å². The van der Waals surface area contributed by atoms with Gasteiger partial charge in [-0.25, -0.2) is 4.39 Å². The number of aromatic nitrogens is 2. The molecule has 6 nitrogen and oxygen atoms in total. The third-order valence-corrected chi connectivity index (χ3v) is 6.14. The minimum absolute atomic E-state index is 0.0142. The second-order valence-electron chi connectivity index (χ2n) is 8.74. The van der Waals surface area contributed by atoms with Gasteiger partial charge in [-0.3, -0.25) is 9.48 Å². The van der Waals surface area contributed by atoms with Crippen molar-refractivity contribution in [2.24, 2.45) is 7.05 Å². The van der Waals surface area contributed by atoms with Gasteiger partial charge in [-0.1, -0.05) is 24.3 Å². The average Bonchev–Trinajstić information content (AvgIpc) is 3.24. The Morgan fingerprint density at radius 1 is 1.09 bits per heavy atom. The number of benzene rings is 2. The summed E-state index contributed by atoms with van der Waals surface area (Å²) in [5.41, 5.74) is 4.30. The highest BCUT2D eigenvalue weighted by molar-refractivity contribution is 5.78. The summed E-state index contributed by atoms with van der Waals surface area (Å²) < 4.78 is 15.1. The average molecular weight is 450 g/mol. The van der Waals surface area contributed by atoms with Crippen LogP contribution in [0.4, 0.5) is 10.1 Å². The molecule has 1 saturated heterocycles. The first kappa shape index (κ1) is 23.0. The zero-order valence-electron chi connectivity index (χ0n) is 19.1. The predicted molar refractivity (Wildman–Crippen MR) is 129 cm³/mol. The number of rotatable bonds is 9. The molecule has 0 saturated carbocycles. The number of carbonyl (C=O) groups is 1. The van der Waals surface area contributed by atoms with E-state index in [0.717, 1.165) is 43.6 Å². The number of carbonyl (C=O) groups excluding carboxylic acids is 1. The van der Waals surface area contributed by atoms with Crippen molar-refractivity contribution in [1.82, 2.24) is 20.4 Å². The fraction of sp³-hybridized carbons (Fsp3) is 0.385. The van der Waals surface area contributed by atoms with Gasteiger partial charge in [0.25, 0.3) is 0 Å². The highest BCUT2D eigenvalue weighted by atomic mass is 19.1. The van der Waals surface area contributed by atoms with Crippen LogP contribution in [0.15, 0.2) is 60.9 Å². The van der Waals surface area contributed by atoms with Gasteiger partial charge in [0, 0.05) is 56.7 Å². The Morgan fingerprint density at radius 2 is 1.88 bits per heavy atom. The molecular formula is C26H32FN5O. The van der Waals surface area contributed by atoms with E-state index >= 15 is 0 Å². The Morgan fingerprint density at radius 3 is 2.58 bits per heavy atom. The molecule has 7 heteroatoms. The number of nitrogens with one attached hydrogen (secondary N) is 2. The largest absolute Gasteiger partial charge is 0.371 e. The molecule has 33 heavy (non-hydrogen) atoms. The molecule has 1 aliphatic rings. The van der Waals surface area contributed by atoms with Crippen molar-refractivity contribution < 1.29 is 9.18 Å². The van der Waals surface area contributed by atoms with Gasteiger partial charge >= 0.3 is 0 Å². The van der Waals surface area contributed by atoms with E-state index in [1.807, 2.05) is 42.3 Å². The zero-order chi connectivity index (χ0) is 23.0. The second kappa shape index (κ2) is 11.1. The maximum absolute atomic E-state index is 13.2. The van der Waals surface area contributed by atoms with E-state index in [1.165, 1.54) is 23.4 Å². The van der Waals surface area contributed by atoms with Crippen LogP contribution in [-0.2, 0) is 31.2 Å². The molecule has 0 radical (unpaired) electrons. The van der Waals surface area contributed by atoms with Gasteiger partial charge < -0.3 is 15.5 Å². The van der Waals surface area contributed by atoms with Crippen molar-refractivity contribution >= 4 is 11.6 Å². The molecule has 2 N–H and O–H groups in total. The van der Waals surface area contributed by atoms with Gasteiger partial charge in [0.2, 0.25) is 5.91 Å². The van der Waals surface area contributed by atoms with Crippen LogP contribution in [0.3, 0.4) is 0 Å². The summed E-state index contributed by atoms with van der Waals surface area (Å²) >= 11 is 0. The van der Waals surface area contributed by atoms with Crippen molar-refractivity contribution in [1.29, 1.82) is 0 Å². The first-order chi connectivity index (χ1) is 16.0. The van der Waals surface area contributed by atoms with E-state index in [1.54, 1.807) is 6.07 Å². The van der Waals surface area contributed by atoms with Crippen LogP contribution in [0.2, 0.25) is 0 Å². The SMILES string of the molecule is Cn1cc(CNC2CCN(c3ccc(CC(=O)NCCc4cccc(F)c4)cc3)CC2)cn1. The Balaban J connectivity index is 1.17. The molecule has 1 amide bonds. The molecule has 0 atom stereocenters. The molecule has 3 aromatic rings. The fourth-order valence-electron chi connectivity index (χ4n) is 4.28. The van der Waals surface area contributed by atoms with Crippen molar-refractivity contribution in [2.45, 2.75) is 38.3 Å². The molecule has 4 rings (SSSR count). The maximum atomic E-state index is 13.2. The summed E-state index contributed by atoms with van der Waals surface area (Å²) in [6, 6.07) is 15.3. The van der Waals surface area contributed by atoms with Crippen molar-refractivity contribution in [3.8, 4) is 0 Å². The van der Waals surface area contributed by atoms with E-state index in [-0.39, 0.29) is 11.7 Å². The molecule has 2 aromatic carbocycles. The lowest BCUT2D eigenvalue weighted by Crippen LogP contribution is -2.42. The van der Waals surface area contributed by atoms with E-state index in [9.17, 15) is 9.18 Å². The summed E-state index contributed by atoms with van der Waals surface area (Å²) in [5, 5.41) is 10.8. The number of halogens is 1. The first-order valence-corrected chi connectivity index (χ1v) is 11.6. The Labute approximate surface area is 194 Å². The molecule has 0 bridgehead atoms. The number of nitrogens with zero attached hydrogens (tertiary/aromatic N) is 3. The van der Waals surface area contributed by atoms with Crippen LogP contribution < -0.4 is 15.5 Å². The zero-order valence-corrected chi connectivity index (χ0v) is 19.1. The quantitative estimate of drug-likeness (QED) is 0.527. The number of aryl methyl sites for hydroxylation is 1. The van der Waals surface area contributed by atoms with Crippen molar-refractivity contribution in [2.75, 3.05) is 24.5 Å². The minimum Gasteiger partial charge on any atom is -0.371 e. The minimum atomic E-state index is -0.246. The number of anilines is 1.